The molecular formula is C9H18Cl3O10P. The van der Waals surface area contributed by atoms with Crippen LogP contribution in [0.1, 0.15) is 20.8 Å². The molecule has 0 aliphatic carbocycles. The Bertz CT molecular complexity index is 342. The first-order valence-corrected chi connectivity index (χ1v) is 8.19. The smallest absolute Gasteiger partial charge is 0.466 e. The molecule has 0 fully saturated rings. The summed E-state index contributed by atoms with van der Waals surface area (Å²) in [6, 6.07) is 0. The van der Waals surface area contributed by atoms with Gasteiger partial charge in [0.05, 0.1) is 0 Å². The minimum absolute atomic E-state index is 0.759. The summed E-state index contributed by atoms with van der Waals surface area (Å²) in [6.45, 7) is 4.22. The molecule has 3 atom stereocenters. The summed E-state index contributed by atoms with van der Waals surface area (Å²) >= 11 is 15.0. The van der Waals surface area contributed by atoms with E-state index in [1.165, 1.54) is 20.8 Å². The highest BCUT2D eigenvalue weighted by atomic mass is 35.5. The Morgan fingerprint density at radius 1 is 0.696 bits per heavy atom. The average molecular weight is 424 g/mol. The first-order valence-electron chi connectivity index (χ1n) is 5.32. The van der Waals surface area contributed by atoms with Crippen molar-refractivity contribution in [3.05, 3.63) is 0 Å². The fourth-order valence-electron chi connectivity index (χ4n) is 0. The number of rotatable bonds is 3. The van der Waals surface area contributed by atoms with E-state index in [-0.39, 0.29) is 0 Å². The number of alkyl halides is 3. The van der Waals surface area contributed by atoms with Crippen LogP contribution in [0.4, 0.5) is 0 Å². The Hall–Kier alpha value is -0.610. The van der Waals surface area contributed by atoms with Gasteiger partial charge >= 0.3 is 25.7 Å². The minimum Gasteiger partial charge on any atom is -0.480 e. The molecule has 23 heavy (non-hydrogen) atoms. The van der Waals surface area contributed by atoms with E-state index in [1.54, 1.807) is 0 Å². The van der Waals surface area contributed by atoms with E-state index in [2.05, 4.69) is 0 Å². The average Bonchev–Trinajstić information content (AvgIpc) is 2.27. The molecule has 0 bridgehead atoms. The Morgan fingerprint density at radius 3 is 0.739 bits per heavy atom. The molecule has 0 spiro atoms. The molecule has 6 N–H and O–H groups in total. The SMILES string of the molecule is CC(Cl)C(=O)O.CC(Cl)C(=O)O.CC(Cl)C(=O)O.O=P(O)(O)O. The van der Waals surface area contributed by atoms with Gasteiger partial charge in [0.1, 0.15) is 16.1 Å². The topological polar surface area (TPSA) is 190 Å². The van der Waals surface area contributed by atoms with Crippen molar-refractivity contribution in [2.75, 3.05) is 0 Å². The molecule has 0 aromatic rings. The number of halogens is 3. The van der Waals surface area contributed by atoms with E-state index in [1.807, 2.05) is 0 Å². The zero-order chi connectivity index (χ0) is 20.0. The van der Waals surface area contributed by atoms with Gasteiger partial charge in [-0.1, -0.05) is 0 Å². The van der Waals surface area contributed by atoms with Crippen molar-refractivity contribution >= 4 is 60.5 Å². The Labute approximate surface area is 146 Å². The number of carboxylic acid groups (broad SMARTS) is 3. The standard InChI is InChI=1S/3C3H5ClO2.H3O4P/c3*1-2(4)3(5)6;1-5(2,3)4/h3*2H,1H3,(H,5,6);(H3,1,2,3,4). The van der Waals surface area contributed by atoms with Crippen LogP contribution in [0.25, 0.3) is 0 Å². The van der Waals surface area contributed by atoms with Crippen LogP contribution in [0.5, 0.6) is 0 Å². The summed E-state index contributed by atoms with van der Waals surface area (Å²) in [7, 11) is -4.64. The van der Waals surface area contributed by atoms with E-state index >= 15 is 0 Å². The van der Waals surface area contributed by atoms with E-state index in [9.17, 15) is 14.4 Å². The Balaban J connectivity index is -0.000000105. The maximum absolute atomic E-state index is 9.57. The maximum Gasteiger partial charge on any atom is 0.466 e. The number of carbonyl (C=O) groups is 3. The lowest BCUT2D eigenvalue weighted by molar-refractivity contribution is -0.137. The van der Waals surface area contributed by atoms with Crippen molar-refractivity contribution in [3.8, 4) is 0 Å². The second-order valence-electron chi connectivity index (χ2n) is 3.38. The maximum atomic E-state index is 9.57. The van der Waals surface area contributed by atoms with Gasteiger partial charge in [0.15, 0.2) is 0 Å². The van der Waals surface area contributed by atoms with E-state index in [4.69, 9.17) is 69.4 Å². The van der Waals surface area contributed by atoms with Gasteiger partial charge in [-0.3, -0.25) is 14.4 Å². The molecule has 3 unspecified atom stereocenters. The minimum atomic E-state index is -4.64. The van der Waals surface area contributed by atoms with Crippen LogP contribution in [0.3, 0.4) is 0 Å². The largest absolute Gasteiger partial charge is 0.480 e. The van der Waals surface area contributed by atoms with Gasteiger partial charge in [-0.25, -0.2) is 4.57 Å². The van der Waals surface area contributed by atoms with Gasteiger partial charge in [0.25, 0.3) is 0 Å². The predicted molar refractivity (Wildman–Crippen MR) is 83.1 cm³/mol. The number of carboxylic acids is 3. The van der Waals surface area contributed by atoms with Crippen molar-refractivity contribution in [2.24, 2.45) is 0 Å². The fourth-order valence-corrected chi connectivity index (χ4v) is 0. The van der Waals surface area contributed by atoms with Crippen molar-refractivity contribution in [1.29, 1.82) is 0 Å². The first kappa shape index (κ1) is 30.3. The van der Waals surface area contributed by atoms with Crippen LogP contribution in [0, 0.1) is 0 Å². The van der Waals surface area contributed by atoms with Gasteiger partial charge in [-0.2, -0.15) is 0 Å². The summed E-state index contributed by atoms with van der Waals surface area (Å²) in [4.78, 5) is 50.3. The molecule has 0 radical (unpaired) electrons. The van der Waals surface area contributed by atoms with E-state index in [0.29, 0.717) is 0 Å². The van der Waals surface area contributed by atoms with Gasteiger partial charge in [-0.15, -0.1) is 34.8 Å². The highest BCUT2D eigenvalue weighted by Gasteiger charge is 2.03. The highest BCUT2D eigenvalue weighted by Crippen LogP contribution is 2.25. The van der Waals surface area contributed by atoms with Gasteiger partial charge in [0.2, 0.25) is 0 Å². The third-order valence-corrected chi connectivity index (χ3v) is 1.58. The van der Waals surface area contributed by atoms with Crippen molar-refractivity contribution in [2.45, 2.75) is 36.9 Å². The highest BCUT2D eigenvalue weighted by molar-refractivity contribution is 7.45. The molecule has 0 aromatic carbocycles. The van der Waals surface area contributed by atoms with Crippen molar-refractivity contribution in [3.63, 3.8) is 0 Å². The molecular weight excluding hydrogens is 405 g/mol. The van der Waals surface area contributed by atoms with Crippen molar-refractivity contribution in [1.82, 2.24) is 0 Å². The molecule has 0 rings (SSSR count). The molecule has 0 saturated heterocycles. The molecule has 10 nitrogen and oxygen atoms in total. The molecule has 0 saturated carbocycles. The van der Waals surface area contributed by atoms with Crippen LogP contribution in [0.15, 0.2) is 0 Å². The van der Waals surface area contributed by atoms with Gasteiger partial charge in [0, 0.05) is 0 Å². The second-order valence-corrected chi connectivity index (χ2v) is 6.37. The molecule has 0 heterocycles. The molecule has 0 aliphatic heterocycles. The molecule has 0 amide bonds. The zero-order valence-corrected chi connectivity index (χ0v) is 15.3. The quantitative estimate of drug-likeness (QED) is 0.284. The molecule has 140 valence electrons. The number of aliphatic carboxylic acids is 3. The van der Waals surface area contributed by atoms with Crippen LogP contribution in [-0.2, 0) is 18.9 Å². The lowest BCUT2D eigenvalue weighted by atomic mass is 10.5. The number of hydrogen-bond donors (Lipinski definition) is 6. The summed E-state index contributed by atoms with van der Waals surface area (Å²) < 4.78 is 8.88. The Kier molecular flexibility index (Phi) is 21.4. The lowest BCUT2D eigenvalue weighted by Crippen LogP contribution is -2.06. The normalized spacial score (nSPS) is 13.3. The zero-order valence-electron chi connectivity index (χ0n) is 12.1. The first-order chi connectivity index (χ1) is 9.93. The van der Waals surface area contributed by atoms with E-state index < -0.39 is 41.9 Å². The van der Waals surface area contributed by atoms with Crippen LogP contribution in [-0.4, -0.2) is 64.0 Å². The summed E-state index contributed by atoms with van der Waals surface area (Å²) in [5.41, 5.74) is 0. The molecule has 0 aliphatic rings. The third kappa shape index (κ3) is 62.0. The molecule has 0 aromatic heterocycles. The van der Waals surface area contributed by atoms with Crippen LogP contribution >= 0.6 is 42.6 Å². The number of phosphoric acid groups is 1. The van der Waals surface area contributed by atoms with Crippen LogP contribution < -0.4 is 0 Å². The predicted octanol–water partition coefficient (Wildman–Crippen LogP) is 1.17. The lowest BCUT2D eigenvalue weighted by Gasteiger charge is -1.86. The van der Waals surface area contributed by atoms with E-state index in [0.717, 1.165) is 0 Å². The van der Waals surface area contributed by atoms with Gasteiger partial charge < -0.3 is 30.0 Å². The fraction of sp³-hybridized carbons (Fsp3) is 0.667. The summed E-state index contributed by atoms with van der Waals surface area (Å²) in [5.74, 6) is -2.93. The molecule has 14 heteroatoms. The van der Waals surface area contributed by atoms with Gasteiger partial charge in [-0.05, 0) is 20.8 Å². The third-order valence-electron chi connectivity index (χ3n) is 1.02. The van der Waals surface area contributed by atoms with Crippen LogP contribution in [0.2, 0.25) is 0 Å². The summed E-state index contributed by atoms with van der Waals surface area (Å²) in [5, 5.41) is 21.3. The van der Waals surface area contributed by atoms with Crippen molar-refractivity contribution < 1.29 is 48.9 Å². The Morgan fingerprint density at radius 2 is 0.739 bits per heavy atom. The number of hydrogen-bond acceptors (Lipinski definition) is 4. The second kappa shape index (κ2) is 16.3. The summed E-state index contributed by atoms with van der Waals surface area (Å²) in [6.07, 6.45) is 0. The monoisotopic (exact) mass is 422 g/mol.